The Balaban J connectivity index is 2.21. The van der Waals surface area contributed by atoms with Crippen LogP contribution in [0.1, 0.15) is 18.5 Å². The van der Waals surface area contributed by atoms with Crippen LogP contribution in [0.4, 0.5) is 10.1 Å². The van der Waals surface area contributed by atoms with Crippen molar-refractivity contribution in [3.8, 4) is 11.5 Å². The SMILES string of the molecule is COc1ccc(N(C(C)c2ccccc2)S(=O)(=O)c2ccccc2F)cc1OC. The Morgan fingerprint density at radius 1 is 0.862 bits per heavy atom. The average Bonchev–Trinajstić information content (AvgIpc) is 2.74. The van der Waals surface area contributed by atoms with E-state index in [1.165, 1.54) is 36.7 Å². The minimum absolute atomic E-state index is 0.335. The lowest BCUT2D eigenvalue weighted by atomic mass is 10.1. The lowest BCUT2D eigenvalue weighted by Gasteiger charge is -2.31. The number of anilines is 1. The molecule has 0 bridgehead atoms. The number of hydrogen-bond acceptors (Lipinski definition) is 4. The number of rotatable bonds is 7. The minimum atomic E-state index is -4.21. The zero-order valence-electron chi connectivity index (χ0n) is 16.4. The van der Waals surface area contributed by atoms with Crippen molar-refractivity contribution in [2.45, 2.75) is 17.9 Å². The molecular weight excluding hydrogens is 393 g/mol. The molecule has 3 aromatic carbocycles. The van der Waals surface area contributed by atoms with Gasteiger partial charge in [0.15, 0.2) is 11.5 Å². The van der Waals surface area contributed by atoms with Crippen LogP contribution in [0.15, 0.2) is 77.7 Å². The van der Waals surface area contributed by atoms with Crippen molar-refractivity contribution in [3.63, 3.8) is 0 Å². The van der Waals surface area contributed by atoms with Gasteiger partial charge in [0.2, 0.25) is 0 Å². The van der Waals surface area contributed by atoms with Gasteiger partial charge in [-0.15, -0.1) is 0 Å². The molecule has 0 aliphatic rings. The highest BCUT2D eigenvalue weighted by Gasteiger charge is 2.33. The van der Waals surface area contributed by atoms with E-state index in [0.717, 1.165) is 11.6 Å². The Labute approximate surface area is 170 Å². The Morgan fingerprint density at radius 2 is 1.48 bits per heavy atom. The van der Waals surface area contributed by atoms with E-state index in [-0.39, 0.29) is 0 Å². The first kappa shape index (κ1) is 20.7. The molecule has 0 amide bonds. The summed E-state index contributed by atoms with van der Waals surface area (Å²) in [6.45, 7) is 1.75. The summed E-state index contributed by atoms with van der Waals surface area (Å²) in [5, 5.41) is 0. The van der Waals surface area contributed by atoms with Gasteiger partial charge in [-0.25, -0.2) is 12.8 Å². The third kappa shape index (κ3) is 4.05. The van der Waals surface area contributed by atoms with Crippen LogP contribution < -0.4 is 13.8 Å². The van der Waals surface area contributed by atoms with Crippen LogP contribution in [0.2, 0.25) is 0 Å². The fraction of sp³-hybridized carbons (Fsp3) is 0.182. The predicted molar refractivity (Wildman–Crippen MR) is 110 cm³/mol. The average molecular weight is 415 g/mol. The molecule has 152 valence electrons. The van der Waals surface area contributed by atoms with Crippen LogP contribution >= 0.6 is 0 Å². The summed E-state index contributed by atoms with van der Waals surface area (Å²) in [6.07, 6.45) is 0. The summed E-state index contributed by atoms with van der Waals surface area (Å²) in [5.41, 5.74) is 1.10. The molecule has 3 aromatic rings. The van der Waals surface area contributed by atoms with Crippen LogP contribution in [-0.4, -0.2) is 22.6 Å². The maximum atomic E-state index is 14.4. The van der Waals surface area contributed by atoms with E-state index in [0.29, 0.717) is 17.2 Å². The fourth-order valence-corrected chi connectivity index (χ4v) is 4.87. The highest BCUT2D eigenvalue weighted by Crippen LogP contribution is 2.38. The molecular formula is C22H22FNO4S. The van der Waals surface area contributed by atoms with Gasteiger partial charge in [-0.05, 0) is 36.8 Å². The molecule has 0 aliphatic carbocycles. The van der Waals surface area contributed by atoms with Crippen LogP contribution in [-0.2, 0) is 10.0 Å². The number of sulfonamides is 1. The van der Waals surface area contributed by atoms with E-state index in [1.54, 1.807) is 25.1 Å². The lowest BCUT2D eigenvalue weighted by molar-refractivity contribution is 0.355. The second-order valence-electron chi connectivity index (χ2n) is 6.36. The summed E-state index contributed by atoms with van der Waals surface area (Å²) >= 11 is 0. The highest BCUT2D eigenvalue weighted by molar-refractivity contribution is 7.92. The van der Waals surface area contributed by atoms with Gasteiger partial charge in [0.1, 0.15) is 10.7 Å². The van der Waals surface area contributed by atoms with Gasteiger partial charge in [-0.3, -0.25) is 4.31 Å². The van der Waals surface area contributed by atoms with E-state index < -0.39 is 26.8 Å². The van der Waals surface area contributed by atoms with E-state index >= 15 is 0 Å². The fourth-order valence-electron chi connectivity index (χ4n) is 3.16. The van der Waals surface area contributed by atoms with Crippen molar-refractivity contribution in [2.75, 3.05) is 18.5 Å². The molecule has 0 spiro atoms. The summed E-state index contributed by atoms with van der Waals surface area (Å²) in [5.74, 6) is 0.0316. The first-order valence-corrected chi connectivity index (χ1v) is 10.4. The molecule has 0 aromatic heterocycles. The number of halogens is 1. The molecule has 0 radical (unpaired) electrons. The molecule has 3 rings (SSSR count). The second-order valence-corrected chi connectivity index (χ2v) is 8.14. The summed E-state index contributed by atoms with van der Waals surface area (Å²) in [4.78, 5) is -0.391. The first-order valence-electron chi connectivity index (χ1n) is 8.96. The smallest absolute Gasteiger partial charge is 0.267 e. The second kappa shape index (κ2) is 8.53. The van der Waals surface area contributed by atoms with E-state index in [4.69, 9.17) is 9.47 Å². The molecule has 0 fully saturated rings. The lowest BCUT2D eigenvalue weighted by Crippen LogP contribution is -2.34. The van der Waals surface area contributed by atoms with E-state index in [1.807, 2.05) is 30.3 Å². The molecule has 5 nitrogen and oxygen atoms in total. The van der Waals surface area contributed by atoms with Gasteiger partial charge in [-0.2, -0.15) is 0 Å². The van der Waals surface area contributed by atoms with Gasteiger partial charge in [0.05, 0.1) is 25.9 Å². The monoisotopic (exact) mass is 415 g/mol. The van der Waals surface area contributed by atoms with Crippen LogP contribution in [0.3, 0.4) is 0 Å². The Bertz CT molecular complexity index is 1090. The number of methoxy groups -OCH3 is 2. The molecule has 0 saturated heterocycles. The number of benzene rings is 3. The minimum Gasteiger partial charge on any atom is -0.493 e. The van der Waals surface area contributed by atoms with E-state index in [2.05, 4.69) is 0 Å². The van der Waals surface area contributed by atoms with Crippen molar-refractivity contribution < 1.29 is 22.3 Å². The zero-order chi connectivity index (χ0) is 21.0. The van der Waals surface area contributed by atoms with Gasteiger partial charge in [-0.1, -0.05) is 42.5 Å². The summed E-state index contributed by atoms with van der Waals surface area (Å²) < 4.78 is 53.3. The van der Waals surface area contributed by atoms with Crippen LogP contribution in [0.25, 0.3) is 0 Å². The molecule has 0 saturated carbocycles. The molecule has 0 aliphatic heterocycles. The molecule has 1 unspecified atom stereocenters. The Hall–Kier alpha value is -3.06. The Morgan fingerprint density at radius 3 is 2.10 bits per heavy atom. The summed E-state index contributed by atoms with van der Waals surface area (Å²) in [7, 11) is -1.25. The van der Waals surface area contributed by atoms with Gasteiger partial charge < -0.3 is 9.47 Å². The van der Waals surface area contributed by atoms with Crippen molar-refractivity contribution in [3.05, 3.63) is 84.2 Å². The third-order valence-electron chi connectivity index (χ3n) is 4.63. The number of hydrogen-bond donors (Lipinski definition) is 0. The van der Waals surface area contributed by atoms with E-state index in [9.17, 15) is 12.8 Å². The first-order chi connectivity index (χ1) is 13.9. The molecule has 0 N–H and O–H groups in total. The van der Waals surface area contributed by atoms with Crippen molar-refractivity contribution in [1.29, 1.82) is 0 Å². The largest absolute Gasteiger partial charge is 0.493 e. The quantitative estimate of drug-likeness (QED) is 0.556. The number of ether oxygens (including phenoxy) is 2. The maximum Gasteiger partial charge on any atom is 0.267 e. The predicted octanol–water partition coefficient (Wildman–Crippen LogP) is 4.80. The third-order valence-corrected chi connectivity index (χ3v) is 6.56. The van der Waals surface area contributed by atoms with Crippen molar-refractivity contribution >= 4 is 15.7 Å². The normalized spacial score (nSPS) is 12.3. The molecule has 0 heterocycles. The van der Waals surface area contributed by atoms with Crippen LogP contribution in [0.5, 0.6) is 11.5 Å². The highest BCUT2D eigenvalue weighted by atomic mass is 32.2. The van der Waals surface area contributed by atoms with Gasteiger partial charge >= 0.3 is 0 Å². The molecule has 7 heteroatoms. The van der Waals surface area contributed by atoms with Gasteiger partial charge in [0.25, 0.3) is 10.0 Å². The standard InChI is InChI=1S/C22H22FNO4S/c1-16(17-9-5-4-6-10-17)24(18-13-14-20(27-2)21(15-18)28-3)29(25,26)22-12-8-7-11-19(22)23/h4-16H,1-3H3. The number of nitrogens with zero attached hydrogens (tertiary/aromatic N) is 1. The maximum absolute atomic E-state index is 14.4. The summed E-state index contributed by atoms with van der Waals surface area (Å²) in [6, 6.07) is 18.7. The Kier molecular flexibility index (Phi) is 6.08. The van der Waals surface area contributed by atoms with Gasteiger partial charge in [0, 0.05) is 6.07 Å². The molecule has 29 heavy (non-hydrogen) atoms. The van der Waals surface area contributed by atoms with Crippen molar-refractivity contribution in [2.24, 2.45) is 0 Å². The topological polar surface area (TPSA) is 55.8 Å². The molecule has 1 atom stereocenters. The van der Waals surface area contributed by atoms with Crippen LogP contribution in [0, 0.1) is 5.82 Å². The van der Waals surface area contributed by atoms with Crippen molar-refractivity contribution in [1.82, 2.24) is 0 Å². The zero-order valence-corrected chi connectivity index (χ0v) is 17.2.